The Kier molecular flexibility index (Phi) is 14.8. The largest absolute Gasteiger partial charge is 0.490 e. The molecule has 0 heterocycles. The van der Waals surface area contributed by atoms with Crippen LogP contribution in [0.15, 0.2) is 36.6 Å². The second-order valence-corrected chi connectivity index (χ2v) is 8.05. The summed E-state index contributed by atoms with van der Waals surface area (Å²) in [5.74, 6) is -0.707. The number of hydrogen-bond donors (Lipinski definition) is 0. The van der Waals surface area contributed by atoms with Crippen molar-refractivity contribution in [3.8, 4) is 0 Å². The third-order valence-electron chi connectivity index (χ3n) is 4.79. The lowest BCUT2D eigenvalue weighted by Gasteiger charge is -2.34. The van der Waals surface area contributed by atoms with E-state index in [2.05, 4.69) is 26.7 Å². The number of allylic oxidation sites excluding steroid dienone is 1. The molecule has 0 fully saturated rings. The molecule has 0 spiro atoms. The molecule has 8 nitrogen and oxygen atoms in total. The van der Waals surface area contributed by atoms with Crippen LogP contribution in [0, 0.1) is 0 Å². The lowest BCUT2D eigenvalue weighted by Crippen LogP contribution is -2.47. The fourth-order valence-corrected chi connectivity index (χ4v) is 2.60. The lowest BCUT2D eigenvalue weighted by atomic mass is 10.2. The minimum atomic E-state index is -0.510. The summed E-state index contributed by atoms with van der Waals surface area (Å²) >= 11 is 0. The van der Waals surface area contributed by atoms with Crippen LogP contribution in [0.5, 0.6) is 0 Å². The Bertz CT molecular complexity index is 619. The second kappa shape index (κ2) is 16.1. The van der Waals surface area contributed by atoms with Crippen LogP contribution in [0.3, 0.4) is 0 Å². The van der Waals surface area contributed by atoms with Gasteiger partial charge in [0.25, 0.3) is 0 Å². The summed E-state index contributed by atoms with van der Waals surface area (Å²) in [5.41, 5.74) is 1.02. The maximum atomic E-state index is 12.1. The van der Waals surface area contributed by atoms with Crippen LogP contribution in [0.2, 0.25) is 0 Å². The van der Waals surface area contributed by atoms with Gasteiger partial charge in [-0.1, -0.05) is 33.1 Å². The van der Waals surface area contributed by atoms with Crippen molar-refractivity contribution in [1.29, 1.82) is 0 Å². The van der Waals surface area contributed by atoms with Gasteiger partial charge in [-0.05, 0) is 25.8 Å². The number of ether oxygens (including phenoxy) is 4. The molecule has 0 rings (SSSR count). The first-order valence-electron chi connectivity index (χ1n) is 11.0. The molecule has 32 heavy (non-hydrogen) atoms. The van der Waals surface area contributed by atoms with E-state index >= 15 is 0 Å². The molecule has 0 aliphatic carbocycles. The van der Waals surface area contributed by atoms with Gasteiger partial charge in [0.1, 0.15) is 32.2 Å². The number of hydrogen-bond acceptors (Lipinski definition) is 7. The van der Waals surface area contributed by atoms with E-state index < -0.39 is 5.97 Å². The maximum Gasteiger partial charge on any atom is 0.333 e. The summed E-state index contributed by atoms with van der Waals surface area (Å²) in [6, 6.07) is 0. The van der Waals surface area contributed by atoms with E-state index in [1.165, 1.54) is 0 Å². The predicted octanol–water partition coefficient (Wildman–Crippen LogP) is 3.33. The third-order valence-corrected chi connectivity index (χ3v) is 4.79. The average Bonchev–Trinajstić information content (AvgIpc) is 2.75. The zero-order valence-corrected chi connectivity index (χ0v) is 20.2. The van der Waals surface area contributed by atoms with Gasteiger partial charge in [0, 0.05) is 5.57 Å². The topological polar surface area (TPSA) is 88.1 Å². The lowest BCUT2D eigenvalue weighted by molar-refractivity contribution is -0.908. The molecule has 8 heteroatoms. The minimum Gasteiger partial charge on any atom is -0.490 e. The zero-order chi connectivity index (χ0) is 24.6. The third kappa shape index (κ3) is 14.4. The minimum absolute atomic E-state index is 0.00270. The molecule has 0 radical (unpaired) electrons. The molecule has 0 aromatic rings. The van der Waals surface area contributed by atoms with Crippen LogP contribution >= 0.6 is 0 Å². The van der Waals surface area contributed by atoms with Crippen molar-refractivity contribution < 1.29 is 37.8 Å². The normalized spacial score (nSPS) is 12.2. The van der Waals surface area contributed by atoms with E-state index in [1.807, 2.05) is 7.05 Å². The van der Waals surface area contributed by atoms with E-state index in [-0.39, 0.29) is 51.2 Å². The molecule has 0 aromatic heterocycles. The molecular weight excluding hydrogens is 414 g/mol. The quantitative estimate of drug-likeness (QED) is 0.0597. The SMILES string of the molecule is C=C(C)C(=C)OCCOC(=O)CC[N+](C)(CCCC)CCC(=O)OCCOC(=O)C(=C)C. The molecule has 182 valence electrons. The van der Waals surface area contributed by atoms with Gasteiger partial charge in [-0.2, -0.15) is 0 Å². The van der Waals surface area contributed by atoms with E-state index in [9.17, 15) is 14.4 Å². The van der Waals surface area contributed by atoms with Crippen molar-refractivity contribution in [2.75, 3.05) is 53.1 Å². The van der Waals surface area contributed by atoms with Gasteiger partial charge in [0.15, 0.2) is 0 Å². The number of rotatable bonds is 18. The van der Waals surface area contributed by atoms with E-state index in [4.69, 9.17) is 18.9 Å². The van der Waals surface area contributed by atoms with E-state index in [1.54, 1.807) is 13.8 Å². The van der Waals surface area contributed by atoms with Crippen molar-refractivity contribution in [3.63, 3.8) is 0 Å². The van der Waals surface area contributed by atoms with Crippen molar-refractivity contribution in [3.05, 3.63) is 36.6 Å². The summed E-state index contributed by atoms with van der Waals surface area (Å²) in [7, 11) is 2.02. The van der Waals surface area contributed by atoms with Gasteiger partial charge in [-0.25, -0.2) is 4.79 Å². The van der Waals surface area contributed by atoms with Crippen LogP contribution in [0.25, 0.3) is 0 Å². The predicted molar refractivity (Wildman–Crippen MR) is 123 cm³/mol. The van der Waals surface area contributed by atoms with Crippen LogP contribution < -0.4 is 0 Å². The fraction of sp³-hybridized carbons (Fsp3) is 0.625. The maximum absolute atomic E-state index is 12.1. The zero-order valence-electron chi connectivity index (χ0n) is 20.2. The van der Waals surface area contributed by atoms with Crippen LogP contribution in [0.4, 0.5) is 0 Å². The summed E-state index contributed by atoms with van der Waals surface area (Å²) in [4.78, 5) is 35.4. The van der Waals surface area contributed by atoms with Crippen molar-refractivity contribution >= 4 is 17.9 Å². The summed E-state index contributed by atoms with van der Waals surface area (Å²) in [5, 5.41) is 0. The van der Waals surface area contributed by atoms with E-state index in [0.717, 1.165) is 25.0 Å². The van der Waals surface area contributed by atoms with Crippen LogP contribution in [0.1, 0.15) is 46.5 Å². The number of unbranched alkanes of at least 4 members (excludes halogenated alkanes) is 1. The Hall–Kier alpha value is -2.61. The van der Waals surface area contributed by atoms with Crippen LogP contribution in [-0.4, -0.2) is 75.5 Å². The Labute approximate surface area is 192 Å². The molecule has 1 atom stereocenters. The monoisotopic (exact) mass is 454 g/mol. The first-order chi connectivity index (χ1) is 15.0. The van der Waals surface area contributed by atoms with Gasteiger partial charge in [-0.3, -0.25) is 9.59 Å². The number of nitrogens with zero attached hydrogens (tertiary/aromatic N) is 1. The van der Waals surface area contributed by atoms with Crippen molar-refractivity contribution in [2.45, 2.75) is 46.5 Å². The fourth-order valence-electron chi connectivity index (χ4n) is 2.60. The standard InChI is InChI=1S/C24H40NO7/c1-8-9-12-25(7,13-10-22(26)30-16-15-29-21(6)19(2)3)14-11-23(27)31-17-18-32-24(28)20(4)5/h2,4,6,8-18H2,1,3,5,7H3/q+1. The Morgan fingerprint density at radius 3 is 1.62 bits per heavy atom. The Morgan fingerprint density at radius 2 is 1.19 bits per heavy atom. The summed E-state index contributed by atoms with van der Waals surface area (Å²) in [6.45, 7) is 18.7. The number of quaternary nitrogens is 1. The van der Waals surface area contributed by atoms with Crippen molar-refractivity contribution in [1.82, 2.24) is 0 Å². The first-order valence-corrected chi connectivity index (χ1v) is 11.0. The number of carbonyl (C=O) groups excluding carboxylic acids is 3. The summed E-state index contributed by atoms with van der Waals surface area (Å²) < 4.78 is 21.1. The molecule has 0 saturated carbocycles. The first kappa shape index (κ1) is 29.4. The highest BCUT2D eigenvalue weighted by Crippen LogP contribution is 2.11. The summed E-state index contributed by atoms with van der Waals surface area (Å²) in [6.07, 6.45) is 2.45. The van der Waals surface area contributed by atoms with Gasteiger partial charge in [0.05, 0.1) is 39.5 Å². The Morgan fingerprint density at radius 1 is 0.719 bits per heavy atom. The van der Waals surface area contributed by atoms with Gasteiger partial charge >= 0.3 is 17.9 Å². The number of carbonyl (C=O) groups is 3. The second-order valence-electron chi connectivity index (χ2n) is 8.05. The molecule has 0 aliphatic rings. The number of esters is 3. The average molecular weight is 455 g/mol. The van der Waals surface area contributed by atoms with Gasteiger partial charge in [0.2, 0.25) is 0 Å². The highest BCUT2D eigenvalue weighted by molar-refractivity contribution is 5.86. The van der Waals surface area contributed by atoms with Gasteiger partial charge in [-0.15, -0.1) is 0 Å². The highest BCUT2D eigenvalue weighted by atomic mass is 16.6. The van der Waals surface area contributed by atoms with Gasteiger partial charge < -0.3 is 23.4 Å². The van der Waals surface area contributed by atoms with E-state index in [0.29, 0.717) is 28.9 Å². The molecule has 0 aliphatic heterocycles. The Balaban J connectivity index is 4.34. The highest BCUT2D eigenvalue weighted by Gasteiger charge is 2.24. The van der Waals surface area contributed by atoms with Crippen molar-refractivity contribution in [2.24, 2.45) is 0 Å². The molecular formula is C24H40NO7+. The van der Waals surface area contributed by atoms with Crippen LogP contribution in [-0.2, 0) is 33.3 Å². The molecule has 0 bridgehead atoms. The molecule has 0 amide bonds. The smallest absolute Gasteiger partial charge is 0.333 e. The molecule has 0 saturated heterocycles. The molecule has 0 N–H and O–H groups in total. The molecule has 1 unspecified atom stereocenters. The molecule has 0 aromatic carbocycles.